The molecule has 0 aromatic heterocycles. The van der Waals surface area contributed by atoms with Crippen molar-refractivity contribution >= 4 is 23.4 Å². The van der Waals surface area contributed by atoms with Crippen molar-refractivity contribution in [3.63, 3.8) is 0 Å². The Morgan fingerprint density at radius 2 is 1.68 bits per heavy atom. The molecular formula is C21H22FN3O3. The number of benzene rings is 2. The van der Waals surface area contributed by atoms with Crippen molar-refractivity contribution in [2.75, 3.05) is 25.0 Å². The van der Waals surface area contributed by atoms with Crippen LogP contribution in [0.1, 0.15) is 28.4 Å². The second-order valence-corrected chi connectivity index (χ2v) is 6.75. The van der Waals surface area contributed by atoms with Crippen molar-refractivity contribution in [2.45, 2.75) is 20.4 Å². The first-order valence-corrected chi connectivity index (χ1v) is 9.13. The normalized spacial score (nSPS) is 14.4. The van der Waals surface area contributed by atoms with Gasteiger partial charge in [-0.3, -0.25) is 14.4 Å². The zero-order chi connectivity index (χ0) is 20.3. The SMILES string of the molecule is CCN1CCN(Cc2ccc(C(=O)Nc3cc(C)ccc3F)cc2)C(=O)C1=O. The number of rotatable bonds is 5. The molecule has 0 radical (unpaired) electrons. The van der Waals surface area contributed by atoms with Crippen LogP contribution in [0, 0.1) is 12.7 Å². The number of piperazine rings is 1. The van der Waals surface area contributed by atoms with Crippen molar-refractivity contribution in [1.82, 2.24) is 9.80 Å². The van der Waals surface area contributed by atoms with Gasteiger partial charge >= 0.3 is 11.8 Å². The van der Waals surface area contributed by atoms with E-state index in [2.05, 4.69) is 5.32 Å². The van der Waals surface area contributed by atoms with Gasteiger partial charge in [0.15, 0.2) is 0 Å². The molecule has 0 bridgehead atoms. The summed E-state index contributed by atoms with van der Waals surface area (Å²) in [5.41, 5.74) is 2.16. The number of carbonyl (C=O) groups is 3. The molecule has 1 saturated heterocycles. The summed E-state index contributed by atoms with van der Waals surface area (Å²) in [6.45, 7) is 5.47. The molecule has 1 fully saturated rings. The first kappa shape index (κ1) is 19.5. The number of likely N-dealkylation sites (N-methyl/N-ethyl adjacent to an activating group) is 1. The molecule has 2 aromatic rings. The molecule has 0 spiro atoms. The topological polar surface area (TPSA) is 69.7 Å². The number of amides is 3. The van der Waals surface area contributed by atoms with Gasteiger partial charge in [0.05, 0.1) is 5.69 Å². The minimum absolute atomic E-state index is 0.131. The van der Waals surface area contributed by atoms with Gasteiger partial charge in [-0.25, -0.2) is 4.39 Å². The van der Waals surface area contributed by atoms with Crippen LogP contribution in [0.2, 0.25) is 0 Å². The summed E-state index contributed by atoms with van der Waals surface area (Å²) in [6.07, 6.45) is 0. The molecule has 3 amide bonds. The second-order valence-electron chi connectivity index (χ2n) is 6.75. The monoisotopic (exact) mass is 383 g/mol. The Hall–Kier alpha value is -3.22. The van der Waals surface area contributed by atoms with Crippen molar-refractivity contribution in [3.8, 4) is 0 Å². The van der Waals surface area contributed by atoms with E-state index in [9.17, 15) is 18.8 Å². The summed E-state index contributed by atoms with van der Waals surface area (Å²) in [7, 11) is 0. The molecule has 0 saturated carbocycles. The lowest BCUT2D eigenvalue weighted by atomic mass is 10.1. The zero-order valence-corrected chi connectivity index (χ0v) is 15.9. The van der Waals surface area contributed by atoms with E-state index < -0.39 is 23.5 Å². The maximum atomic E-state index is 13.8. The van der Waals surface area contributed by atoms with Gasteiger partial charge in [0.1, 0.15) is 5.82 Å². The van der Waals surface area contributed by atoms with Gasteiger partial charge in [-0.1, -0.05) is 18.2 Å². The Labute approximate surface area is 162 Å². The predicted octanol–water partition coefficient (Wildman–Crippen LogP) is 2.58. The number of halogens is 1. The summed E-state index contributed by atoms with van der Waals surface area (Å²) in [5.74, 6) is -1.90. The molecule has 3 rings (SSSR count). The number of anilines is 1. The maximum absolute atomic E-state index is 13.8. The van der Waals surface area contributed by atoms with Crippen LogP contribution in [0.25, 0.3) is 0 Å². The molecule has 1 N–H and O–H groups in total. The number of aryl methyl sites for hydroxylation is 1. The highest BCUT2D eigenvalue weighted by Crippen LogP contribution is 2.17. The van der Waals surface area contributed by atoms with E-state index in [1.54, 1.807) is 36.4 Å². The third kappa shape index (κ3) is 4.19. The van der Waals surface area contributed by atoms with Gasteiger partial charge in [0.25, 0.3) is 5.91 Å². The van der Waals surface area contributed by atoms with Crippen LogP contribution in [0.5, 0.6) is 0 Å². The molecule has 6 nitrogen and oxygen atoms in total. The summed E-state index contributed by atoms with van der Waals surface area (Å²) in [5, 5.41) is 2.56. The molecule has 146 valence electrons. The number of hydrogen-bond acceptors (Lipinski definition) is 3. The molecule has 0 aliphatic carbocycles. The fraction of sp³-hybridized carbons (Fsp3) is 0.286. The summed E-state index contributed by atoms with van der Waals surface area (Å²) < 4.78 is 13.8. The quantitative estimate of drug-likeness (QED) is 0.807. The van der Waals surface area contributed by atoms with Crippen molar-refractivity contribution < 1.29 is 18.8 Å². The third-order valence-corrected chi connectivity index (χ3v) is 4.74. The zero-order valence-electron chi connectivity index (χ0n) is 15.9. The fourth-order valence-corrected chi connectivity index (χ4v) is 3.08. The Morgan fingerprint density at radius 3 is 2.36 bits per heavy atom. The Bertz CT molecular complexity index is 912. The lowest BCUT2D eigenvalue weighted by Gasteiger charge is -2.33. The van der Waals surface area contributed by atoms with E-state index in [1.807, 2.05) is 13.8 Å². The Balaban J connectivity index is 1.65. The summed E-state index contributed by atoms with van der Waals surface area (Å²) in [6, 6.07) is 11.2. The van der Waals surface area contributed by atoms with Crippen molar-refractivity contribution in [2.24, 2.45) is 0 Å². The molecule has 7 heteroatoms. The van der Waals surface area contributed by atoms with Crippen molar-refractivity contribution in [1.29, 1.82) is 0 Å². The summed E-state index contributed by atoms with van der Waals surface area (Å²) >= 11 is 0. The lowest BCUT2D eigenvalue weighted by molar-refractivity contribution is -0.156. The summed E-state index contributed by atoms with van der Waals surface area (Å²) in [4.78, 5) is 39.5. The first-order valence-electron chi connectivity index (χ1n) is 9.13. The van der Waals surface area contributed by atoms with E-state index >= 15 is 0 Å². The van der Waals surface area contributed by atoms with Gasteiger partial charge in [-0.05, 0) is 49.2 Å². The molecule has 1 aliphatic rings. The Kier molecular flexibility index (Phi) is 5.73. The Morgan fingerprint density at radius 1 is 1.04 bits per heavy atom. The smallest absolute Gasteiger partial charge is 0.312 e. The highest BCUT2D eigenvalue weighted by molar-refractivity contribution is 6.35. The largest absolute Gasteiger partial charge is 0.333 e. The van der Waals surface area contributed by atoms with Gasteiger partial charge in [0, 0.05) is 31.7 Å². The standard InChI is InChI=1S/C21H22FN3O3/c1-3-24-10-11-25(21(28)20(24)27)13-15-5-7-16(8-6-15)19(26)23-18-12-14(2)4-9-17(18)22/h4-9,12H,3,10-11,13H2,1-2H3,(H,23,26). The number of nitrogens with zero attached hydrogens (tertiary/aromatic N) is 2. The highest BCUT2D eigenvalue weighted by Gasteiger charge is 2.31. The number of carbonyl (C=O) groups excluding carboxylic acids is 3. The minimum atomic E-state index is -0.509. The first-order chi connectivity index (χ1) is 13.4. The van der Waals surface area contributed by atoms with Crippen LogP contribution in [-0.2, 0) is 16.1 Å². The van der Waals surface area contributed by atoms with Gasteiger partial charge < -0.3 is 15.1 Å². The molecule has 0 atom stereocenters. The van der Waals surface area contributed by atoms with E-state index in [0.717, 1.165) is 11.1 Å². The van der Waals surface area contributed by atoms with E-state index in [-0.39, 0.29) is 5.69 Å². The average Bonchev–Trinajstić information content (AvgIpc) is 2.69. The van der Waals surface area contributed by atoms with Crippen LogP contribution in [-0.4, -0.2) is 47.2 Å². The predicted molar refractivity (Wildman–Crippen MR) is 103 cm³/mol. The maximum Gasteiger partial charge on any atom is 0.312 e. The van der Waals surface area contributed by atoms with E-state index in [0.29, 0.717) is 31.7 Å². The average molecular weight is 383 g/mol. The van der Waals surface area contributed by atoms with E-state index in [1.165, 1.54) is 15.9 Å². The highest BCUT2D eigenvalue weighted by atomic mass is 19.1. The van der Waals surface area contributed by atoms with E-state index in [4.69, 9.17) is 0 Å². The molecular weight excluding hydrogens is 361 g/mol. The van der Waals surface area contributed by atoms with Gasteiger partial charge in [0.2, 0.25) is 0 Å². The minimum Gasteiger partial charge on any atom is -0.333 e. The third-order valence-electron chi connectivity index (χ3n) is 4.74. The fourth-order valence-electron chi connectivity index (χ4n) is 3.08. The van der Waals surface area contributed by atoms with Crippen LogP contribution in [0.4, 0.5) is 10.1 Å². The lowest BCUT2D eigenvalue weighted by Crippen LogP contribution is -2.53. The molecule has 2 aromatic carbocycles. The molecule has 1 heterocycles. The second kappa shape index (κ2) is 8.21. The number of nitrogens with one attached hydrogen (secondary N) is 1. The van der Waals surface area contributed by atoms with Crippen LogP contribution >= 0.6 is 0 Å². The molecule has 28 heavy (non-hydrogen) atoms. The van der Waals surface area contributed by atoms with Gasteiger partial charge in [-0.2, -0.15) is 0 Å². The van der Waals surface area contributed by atoms with Crippen LogP contribution in [0.15, 0.2) is 42.5 Å². The van der Waals surface area contributed by atoms with Gasteiger partial charge in [-0.15, -0.1) is 0 Å². The number of hydrogen-bond donors (Lipinski definition) is 1. The van der Waals surface area contributed by atoms with Crippen LogP contribution in [0.3, 0.4) is 0 Å². The van der Waals surface area contributed by atoms with Crippen molar-refractivity contribution in [3.05, 3.63) is 65.0 Å². The van der Waals surface area contributed by atoms with Crippen LogP contribution < -0.4 is 5.32 Å². The molecule has 0 unspecified atom stereocenters. The molecule has 1 aliphatic heterocycles.